The van der Waals surface area contributed by atoms with Gasteiger partial charge in [-0.1, -0.05) is 0 Å². The Morgan fingerprint density at radius 1 is 1.25 bits per heavy atom. The van der Waals surface area contributed by atoms with Crippen molar-refractivity contribution in [2.45, 2.75) is 25.8 Å². The summed E-state index contributed by atoms with van der Waals surface area (Å²) in [4.78, 5) is 27.6. The molecule has 0 aliphatic carbocycles. The van der Waals surface area contributed by atoms with Crippen molar-refractivity contribution in [3.05, 3.63) is 0 Å². The molecule has 0 aromatic carbocycles. The molecule has 2 rings (SSSR count). The van der Waals surface area contributed by atoms with Crippen molar-refractivity contribution in [3.8, 4) is 0 Å². The monoisotopic (exact) mass is 304 g/mol. The van der Waals surface area contributed by atoms with Crippen LogP contribution in [0.15, 0.2) is 0 Å². The van der Waals surface area contributed by atoms with Gasteiger partial charge in [-0.3, -0.25) is 14.5 Å². The van der Waals surface area contributed by atoms with Crippen molar-refractivity contribution in [1.29, 1.82) is 0 Å². The van der Waals surface area contributed by atoms with E-state index in [1.807, 2.05) is 4.90 Å². The zero-order chi connectivity index (χ0) is 13.7. The second kappa shape index (κ2) is 8.44. The van der Waals surface area contributed by atoms with Crippen molar-refractivity contribution in [3.63, 3.8) is 0 Å². The molecule has 116 valence electrons. The van der Waals surface area contributed by atoms with Crippen LogP contribution in [0, 0.1) is 0 Å². The maximum Gasteiger partial charge on any atom is 0.241 e. The summed E-state index contributed by atoms with van der Waals surface area (Å²) in [7, 11) is 0. The van der Waals surface area contributed by atoms with Crippen molar-refractivity contribution in [2.24, 2.45) is 0 Å². The summed E-state index contributed by atoms with van der Waals surface area (Å²) in [5.41, 5.74) is 0. The van der Waals surface area contributed by atoms with E-state index in [9.17, 15) is 9.59 Å². The quantitative estimate of drug-likeness (QED) is 0.731. The third-order valence-corrected chi connectivity index (χ3v) is 3.88. The van der Waals surface area contributed by atoms with Crippen LogP contribution in [0.1, 0.15) is 19.8 Å². The molecule has 6 nitrogen and oxygen atoms in total. The highest BCUT2D eigenvalue weighted by Gasteiger charge is 2.21. The first-order valence-electron chi connectivity index (χ1n) is 7.16. The van der Waals surface area contributed by atoms with Crippen LogP contribution in [0.2, 0.25) is 0 Å². The van der Waals surface area contributed by atoms with E-state index in [0.717, 1.165) is 45.6 Å². The second-order valence-electron chi connectivity index (χ2n) is 5.39. The van der Waals surface area contributed by atoms with E-state index < -0.39 is 0 Å². The largest absolute Gasteiger partial charge is 0.346 e. The number of carbonyl (C=O) groups is 2. The topological polar surface area (TPSA) is 64.7 Å². The van der Waals surface area contributed by atoms with E-state index in [-0.39, 0.29) is 30.8 Å². The summed E-state index contributed by atoms with van der Waals surface area (Å²) >= 11 is 0. The van der Waals surface area contributed by atoms with E-state index in [4.69, 9.17) is 0 Å². The molecule has 1 atom stereocenters. The van der Waals surface area contributed by atoms with E-state index in [1.54, 1.807) is 0 Å². The maximum absolute atomic E-state index is 11.8. The molecule has 0 bridgehead atoms. The Morgan fingerprint density at radius 3 is 2.60 bits per heavy atom. The Labute approximate surface area is 126 Å². The summed E-state index contributed by atoms with van der Waals surface area (Å²) in [5, 5.41) is 6.03. The number of halogens is 1. The van der Waals surface area contributed by atoms with Crippen LogP contribution < -0.4 is 10.6 Å². The summed E-state index contributed by atoms with van der Waals surface area (Å²) in [6.07, 6.45) is 2.16. The van der Waals surface area contributed by atoms with Gasteiger partial charge in [0.2, 0.25) is 11.8 Å². The minimum Gasteiger partial charge on any atom is -0.346 e. The Kier molecular flexibility index (Phi) is 7.26. The Hall–Kier alpha value is -0.850. The highest BCUT2D eigenvalue weighted by Crippen LogP contribution is 2.06. The molecule has 2 N–H and O–H groups in total. The molecule has 2 aliphatic rings. The Balaban J connectivity index is 0.00000200. The normalized spacial score (nSPS) is 23.2. The number of amides is 2. The van der Waals surface area contributed by atoms with Gasteiger partial charge in [0.15, 0.2) is 0 Å². The average Bonchev–Trinajstić information content (AvgIpc) is 2.93. The number of hydrogen-bond acceptors (Lipinski definition) is 4. The lowest BCUT2D eigenvalue weighted by Gasteiger charge is -2.33. The van der Waals surface area contributed by atoms with E-state index in [1.165, 1.54) is 0 Å². The third-order valence-electron chi connectivity index (χ3n) is 3.88. The van der Waals surface area contributed by atoms with Crippen LogP contribution in [0.4, 0.5) is 0 Å². The number of carbonyl (C=O) groups excluding carboxylic acids is 2. The lowest BCUT2D eigenvalue weighted by molar-refractivity contribution is -0.132. The fraction of sp³-hybridized carbons (Fsp3) is 0.846. The molecular formula is C13H25ClN4O2. The Bertz CT molecular complexity index is 334. The molecule has 0 unspecified atom stereocenters. The van der Waals surface area contributed by atoms with Gasteiger partial charge in [-0.2, -0.15) is 0 Å². The van der Waals surface area contributed by atoms with Crippen molar-refractivity contribution in [1.82, 2.24) is 20.4 Å². The Morgan fingerprint density at radius 2 is 1.95 bits per heavy atom. The van der Waals surface area contributed by atoms with Gasteiger partial charge in [0, 0.05) is 38.8 Å². The molecule has 0 aromatic rings. The lowest BCUT2D eigenvalue weighted by atomic mass is 10.2. The first-order valence-corrected chi connectivity index (χ1v) is 7.16. The summed E-state index contributed by atoms with van der Waals surface area (Å²) < 4.78 is 0. The van der Waals surface area contributed by atoms with E-state index in [2.05, 4.69) is 22.5 Å². The van der Waals surface area contributed by atoms with Crippen molar-refractivity contribution >= 4 is 24.2 Å². The molecule has 0 radical (unpaired) electrons. The maximum atomic E-state index is 11.8. The van der Waals surface area contributed by atoms with Crippen LogP contribution >= 0.6 is 12.4 Å². The molecule has 20 heavy (non-hydrogen) atoms. The van der Waals surface area contributed by atoms with Gasteiger partial charge in [-0.05, 0) is 19.8 Å². The zero-order valence-electron chi connectivity index (χ0n) is 12.1. The van der Waals surface area contributed by atoms with Crippen molar-refractivity contribution in [2.75, 3.05) is 45.8 Å². The van der Waals surface area contributed by atoms with Crippen LogP contribution in [0.5, 0.6) is 0 Å². The minimum atomic E-state index is -0.0544. The van der Waals surface area contributed by atoms with Gasteiger partial charge in [-0.25, -0.2) is 0 Å². The third kappa shape index (κ3) is 4.92. The second-order valence-corrected chi connectivity index (χ2v) is 5.39. The van der Waals surface area contributed by atoms with Crippen LogP contribution in [0.25, 0.3) is 0 Å². The molecule has 2 aliphatic heterocycles. The van der Waals surface area contributed by atoms with Crippen LogP contribution in [0.3, 0.4) is 0 Å². The molecular weight excluding hydrogens is 280 g/mol. The highest BCUT2D eigenvalue weighted by molar-refractivity contribution is 5.86. The number of piperazine rings is 1. The van der Waals surface area contributed by atoms with Crippen molar-refractivity contribution < 1.29 is 9.59 Å². The SMILES string of the molecule is C[C@@H]1CNCCN1CC(=O)NCC(=O)N1CCCC1.Cl. The molecule has 2 saturated heterocycles. The highest BCUT2D eigenvalue weighted by atomic mass is 35.5. The molecule has 2 amide bonds. The number of hydrogen-bond donors (Lipinski definition) is 2. The lowest BCUT2D eigenvalue weighted by Crippen LogP contribution is -2.53. The molecule has 0 saturated carbocycles. The number of likely N-dealkylation sites (tertiary alicyclic amines) is 1. The minimum absolute atomic E-state index is 0. The number of rotatable bonds is 4. The van der Waals surface area contributed by atoms with Gasteiger partial charge < -0.3 is 15.5 Å². The zero-order valence-corrected chi connectivity index (χ0v) is 12.9. The average molecular weight is 305 g/mol. The first kappa shape index (κ1) is 17.2. The molecule has 2 heterocycles. The predicted molar refractivity (Wildman–Crippen MR) is 80.0 cm³/mol. The van der Waals surface area contributed by atoms with Gasteiger partial charge in [0.25, 0.3) is 0 Å². The smallest absolute Gasteiger partial charge is 0.241 e. The summed E-state index contributed by atoms with van der Waals surface area (Å²) in [6.45, 7) is 7.02. The predicted octanol–water partition coefficient (Wildman–Crippen LogP) is -0.559. The van der Waals surface area contributed by atoms with E-state index in [0.29, 0.717) is 12.6 Å². The summed E-state index contributed by atoms with van der Waals surface area (Å²) in [6, 6.07) is 0.369. The number of nitrogens with one attached hydrogen (secondary N) is 2. The molecule has 7 heteroatoms. The van der Waals surface area contributed by atoms with Gasteiger partial charge in [-0.15, -0.1) is 12.4 Å². The fourth-order valence-corrected chi connectivity index (χ4v) is 2.61. The fourth-order valence-electron chi connectivity index (χ4n) is 2.61. The van der Waals surface area contributed by atoms with E-state index >= 15 is 0 Å². The van der Waals surface area contributed by atoms with Gasteiger partial charge in [0.05, 0.1) is 13.1 Å². The molecule has 0 spiro atoms. The molecule has 2 fully saturated rings. The number of nitrogens with zero attached hydrogens (tertiary/aromatic N) is 2. The van der Waals surface area contributed by atoms with Gasteiger partial charge >= 0.3 is 0 Å². The van der Waals surface area contributed by atoms with Crippen LogP contribution in [-0.2, 0) is 9.59 Å². The standard InChI is InChI=1S/C13H24N4O2.ClH/c1-11-8-14-4-7-17(11)10-12(18)15-9-13(19)16-5-2-3-6-16;/h11,14H,2-10H2,1H3,(H,15,18);1H/t11-;/m1./s1. The molecule has 0 aromatic heterocycles. The van der Waals surface area contributed by atoms with Crippen LogP contribution in [-0.4, -0.2) is 73.5 Å². The summed E-state index contributed by atoms with van der Waals surface area (Å²) in [5.74, 6) is -0.0134. The first-order chi connectivity index (χ1) is 9.16. The van der Waals surface area contributed by atoms with Gasteiger partial charge in [0.1, 0.15) is 0 Å².